The summed E-state index contributed by atoms with van der Waals surface area (Å²) in [6.45, 7) is 0. The number of ether oxygens (including phenoxy) is 1. The molecule has 0 aliphatic carbocycles. The Kier molecular flexibility index (Phi) is 4.64. The zero-order chi connectivity index (χ0) is 17.9. The summed E-state index contributed by atoms with van der Waals surface area (Å²) in [7, 11) is -3.69. The van der Waals surface area contributed by atoms with Crippen LogP contribution in [0.2, 0.25) is 0 Å². The van der Waals surface area contributed by atoms with Gasteiger partial charge in [0.1, 0.15) is 0 Å². The Morgan fingerprint density at radius 3 is 2.25 bits per heavy atom. The molecule has 0 saturated carbocycles. The van der Waals surface area contributed by atoms with E-state index in [1.807, 2.05) is 0 Å². The number of benzene rings is 2. The van der Waals surface area contributed by atoms with Gasteiger partial charge in [0.15, 0.2) is 5.75 Å². The van der Waals surface area contributed by atoms with E-state index in [4.69, 9.17) is 4.74 Å². The maximum atomic E-state index is 11.4. The van der Waals surface area contributed by atoms with Gasteiger partial charge in [-0.1, -0.05) is 12.1 Å². The van der Waals surface area contributed by atoms with Crippen LogP contribution in [0.4, 0.5) is 17.1 Å². The van der Waals surface area contributed by atoms with Gasteiger partial charge in [0.25, 0.3) is 5.69 Å². The first-order valence-corrected chi connectivity index (χ1v) is 8.24. The SMILES string of the molecule is CS(=O)(=O)Nc1ccc([N+](=O)[O-])cc1Oc1ccccc1[N+](=O)[O-]. The predicted molar refractivity (Wildman–Crippen MR) is 84.7 cm³/mol. The van der Waals surface area contributed by atoms with Crippen LogP contribution in [-0.2, 0) is 10.0 Å². The monoisotopic (exact) mass is 353 g/mol. The molecule has 126 valence electrons. The number of rotatable bonds is 6. The first-order chi connectivity index (χ1) is 11.2. The summed E-state index contributed by atoms with van der Waals surface area (Å²) in [4.78, 5) is 20.5. The molecule has 2 aromatic rings. The van der Waals surface area contributed by atoms with E-state index >= 15 is 0 Å². The Labute approximate surface area is 136 Å². The van der Waals surface area contributed by atoms with Crippen LogP contribution >= 0.6 is 0 Å². The molecule has 2 rings (SSSR count). The molecule has 0 bridgehead atoms. The summed E-state index contributed by atoms with van der Waals surface area (Å²) in [5.74, 6) is -0.413. The Bertz CT molecular complexity index is 912. The van der Waals surface area contributed by atoms with Gasteiger partial charge in [-0.3, -0.25) is 25.0 Å². The number of para-hydroxylation sites is 2. The van der Waals surface area contributed by atoms with Gasteiger partial charge >= 0.3 is 5.69 Å². The fourth-order valence-electron chi connectivity index (χ4n) is 1.81. The van der Waals surface area contributed by atoms with Crippen molar-refractivity contribution >= 4 is 27.1 Å². The standard InChI is InChI=1S/C13H11N3O7S/c1-24(21,22)14-10-7-6-9(15(17)18)8-13(10)23-12-5-3-2-4-11(12)16(19)20/h2-8,14H,1H3. The number of nitro groups is 2. The number of nitrogens with zero attached hydrogens (tertiary/aromatic N) is 2. The van der Waals surface area contributed by atoms with Crippen LogP contribution in [0.1, 0.15) is 0 Å². The lowest BCUT2D eigenvalue weighted by Crippen LogP contribution is -2.10. The van der Waals surface area contributed by atoms with Crippen molar-refractivity contribution in [3.63, 3.8) is 0 Å². The quantitative estimate of drug-likeness (QED) is 0.621. The lowest BCUT2D eigenvalue weighted by Gasteiger charge is -2.12. The Morgan fingerprint density at radius 2 is 1.67 bits per heavy atom. The van der Waals surface area contributed by atoms with E-state index < -0.39 is 19.9 Å². The second-order valence-electron chi connectivity index (χ2n) is 4.64. The largest absolute Gasteiger partial charge is 0.448 e. The molecule has 0 aliphatic heterocycles. The molecule has 11 heteroatoms. The molecule has 0 heterocycles. The highest BCUT2D eigenvalue weighted by molar-refractivity contribution is 7.92. The Hall–Kier alpha value is -3.21. The predicted octanol–water partition coefficient (Wildman–Crippen LogP) is 2.67. The van der Waals surface area contributed by atoms with E-state index in [9.17, 15) is 28.6 Å². The minimum Gasteiger partial charge on any atom is -0.448 e. The number of sulfonamides is 1. The number of hydrogen-bond donors (Lipinski definition) is 1. The lowest BCUT2D eigenvalue weighted by molar-refractivity contribution is -0.386. The van der Waals surface area contributed by atoms with Crippen LogP contribution < -0.4 is 9.46 Å². The second kappa shape index (κ2) is 6.50. The molecule has 0 saturated heterocycles. The average molecular weight is 353 g/mol. The maximum Gasteiger partial charge on any atom is 0.311 e. The van der Waals surface area contributed by atoms with Gasteiger partial charge < -0.3 is 4.74 Å². The molecule has 0 atom stereocenters. The van der Waals surface area contributed by atoms with Gasteiger partial charge in [-0.25, -0.2) is 8.42 Å². The molecular weight excluding hydrogens is 342 g/mol. The molecule has 0 amide bonds. The number of anilines is 1. The highest BCUT2D eigenvalue weighted by Gasteiger charge is 2.19. The summed E-state index contributed by atoms with van der Waals surface area (Å²) in [5, 5.41) is 21.9. The van der Waals surface area contributed by atoms with Gasteiger partial charge in [0, 0.05) is 12.1 Å². The third-order valence-corrected chi connectivity index (χ3v) is 3.34. The van der Waals surface area contributed by atoms with Crippen molar-refractivity contribution in [2.24, 2.45) is 0 Å². The van der Waals surface area contributed by atoms with Crippen LogP contribution in [-0.4, -0.2) is 24.5 Å². The fraction of sp³-hybridized carbons (Fsp3) is 0.0769. The molecule has 0 aliphatic rings. The smallest absolute Gasteiger partial charge is 0.311 e. The molecule has 0 radical (unpaired) electrons. The topological polar surface area (TPSA) is 142 Å². The van der Waals surface area contributed by atoms with Crippen molar-refractivity contribution in [2.45, 2.75) is 0 Å². The molecule has 0 aromatic heterocycles. The summed E-state index contributed by atoms with van der Waals surface area (Å²) >= 11 is 0. The van der Waals surface area contributed by atoms with E-state index in [-0.39, 0.29) is 28.6 Å². The number of nitrogens with one attached hydrogen (secondary N) is 1. The number of nitro benzene ring substituents is 2. The normalized spacial score (nSPS) is 10.9. The van der Waals surface area contributed by atoms with Gasteiger partial charge in [-0.15, -0.1) is 0 Å². The summed E-state index contributed by atoms with van der Waals surface area (Å²) < 4.78 is 30.3. The van der Waals surface area contributed by atoms with E-state index in [0.29, 0.717) is 0 Å². The van der Waals surface area contributed by atoms with Crippen LogP contribution in [0.5, 0.6) is 11.5 Å². The lowest BCUT2D eigenvalue weighted by atomic mass is 10.2. The molecule has 0 fully saturated rings. The van der Waals surface area contributed by atoms with Crippen LogP contribution in [0.15, 0.2) is 42.5 Å². The molecule has 0 spiro atoms. The third-order valence-electron chi connectivity index (χ3n) is 2.75. The zero-order valence-corrected chi connectivity index (χ0v) is 13.0. The molecular formula is C13H11N3O7S. The van der Waals surface area contributed by atoms with E-state index in [1.165, 1.54) is 24.3 Å². The molecule has 1 N–H and O–H groups in total. The summed E-state index contributed by atoms with van der Waals surface area (Å²) in [6.07, 6.45) is 0.892. The first-order valence-electron chi connectivity index (χ1n) is 6.35. The average Bonchev–Trinajstić information content (AvgIpc) is 2.47. The third kappa shape index (κ3) is 4.16. The Balaban J connectivity index is 2.53. The van der Waals surface area contributed by atoms with Crippen molar-refractivity contribution in [1.29, 1.82) is 0 Å². The molecule has 2 aromatic carbocycles. The summed E-state index contributed by atoms with van der Waals surface area (Å²) in [5.41, 5.74) is -0.807. The second-order valence-corrected chi connectivity index (χ2v) is 6.39. The van der Waals surface area contributed by atoms with Crippen molar-refractivity contribution in [3.8, 4) is 11.5 Å². The van der Waals surface area contributed by atoms with E-state index in [1.54, 1.807) is 0 Å². The van der Waals surface area contributed by atoms with Crippen LogP contribution in [0, 0.1) is 20.2 Å². The minimum atomic E-state index is -3.69. The van der Waals surface area contributed by atoms with Crippen molar-refractivity contribution < 1.29 is 23.0 Å². The first kappa shape index (κ1) is 17.1. The molecule has 0 unspecified atom stereocenters. The Morgan fingerprint density at radius 1 is 1.00 bits per heavy atom. The van der Waals surface area contributed by atoms with Gasteiger partial charge in [0.2, 0.25) is 15.8 Å². The minimum absolute atomic E-state index is 0.0822. The fourth-order valence-corrected chi connectivity index (χ4v) is 2.37. The van der Waals surface area contributed by atoms with Crippen LogP contribution in [0.3, 0.4) is 0 Å². The molecule has 10 nitrogen and oxygen atoms in total. The summed E-state index contributed by atoms with van der Waals surface area (Å²) in [6, 6.07) is 8.59. The van der Waals surface area contributed by atoms with Gasteiger partial charge in [-0.05, 0) is 12.1 Å². The van der Waals surface area contributed by atoms with Crippen molar-refractivity contribution in [2.75, 3.05) is 11.0 Å². The van der Waals surface area contributed by atoms with Crippen molar-refractivity contribution in [1.82, 2.24) is 0 Å². The highest BCUT2D eigenvalue weighted by Crippen LogP contribution is 2.37. The molecule has 24 heavy (non-hydrogen) atoms. The zero-order valence-electron chi connectivity index (χ0n) is 12.2. The maximum absolute atomic E-state index is 11.4. The van der Waals surface area contributed by atoms with Gasteiger partial charge in [0.05, 0.1) is 27.9 Å². The highest BCUT2D eigenvalue weighted by atomic mass is 32.2. The van der Waals surface area contributed by atoms with E-state index in [0.717, 1.165) is 24.5 Å². The van der Waals surface area contributed by atoms with Crippen molar-refractivity contribution in [3.05, 3.63) is 62.7 Å². The van der Waals surface area contributed by atoms with Gasteiger partial charge in [-0.2, -0.15) is 0 Å². The van der Waals surface area contributed by atoms with Crippen LogP contribution in [0.25, 0.3) is 0 Å². The number of hydrogen-bond acceptors (Lipinski definition) is 7. The van der Waals surface area contributed by atoms with E-state index in [2.05, 4.69) is 4.72 Å². The number of non-ortho nitro benzene ring substituents is 1.